The molecule has 1 unspecified atom stereocenters. The van der Waals surface area contributed by atoms with Gasteiger partial charge in [0.2, 0.25) is 11.8 Å². The first-order valence-corrected chi connectivity index (χ1v) is 7.95. The molecular weight excluding hydrogens is 312 g/mol. The predicted octanol–water partition coefficient (Wildman–Crippen LogP) is 0.685. The Morgan fingerprint density at radius 3 is 2.46 bits per heavy atom. The second kappa shape index (κ2) is 7.00. The number of esters is 1. The number of amides is 2. The molecule has 2 saturated heterocycles. The molecular formula is C17H20N2O5. The van der Waals surface area contributed by atoms with E-state index in [1.165, 1.54) is 7.11 Å². The number of anilines is 1. The Morgan fingerprint density at radius 2 is 1.83 bits per heavy atom. The Labute approximate surface area is 140 Å². The summed E-state index contributed by atoms with van der Waals surface area (Å²) < 4.78 is 9.91. The van der Waals surface area contributed by atoms with E-state index in [9.17, 15) is 14.4 Å². The van der Waals surface area contributed by atoms with Gasteiger partial charge >= 0.3 is 5.97 Å². The fraction of sp³-hybridized carbons (Fsp3) is 0.471. The summed E-state index contributed by atoms with van der Waals surface area (Å²) in [7, 11) is 1.32. The smallest absolute Gasteiger partial charge is 0.337 e. The van der Waals surface area contributed by atoms with Gasteiger partial charge in [-0.25, -0.2) is 4.79 Å². The van der Waals surface area contributed by atoms with Gasteiger partial charge in [0.1, 0.15) is 0 Å². The number of morpholine rings is 1. The van der Waals surface area contributed by atoms with Crippen LogP contribution in [0.4, 0.5) is 5.69 Å². The molecule has 0 radical (unpaired) electrons. The standard InChI is InChI=1S/C17H20N2O5/c1-23-17(22)12-2-4-14(5-3-12)19-11-13(10-15(19)20)16(21)18-6-8-24-9-7-18/h2-5,13H,6-11H2,1H3. The third-order valence-corrected chi connectivity index (χ3v) is 4.40. The quantitative estimate of drug-likeness (QED) is 0.761. The van der Waals surface area contributed by atoms with Gasteiger partial charge in [-0.3, -0.25) is 9.59 Å². The van der Waals surface area contributed by atoms with E-state index < -0.39 is 5.97 Å². The van der Waals surface area contributed by atoms with Crippen LogP contribution in [0.3, 0.4) is 0 Å². The van der Waals surface area contributed by atoms with Crippen molar-refractivity contribution in [1.29, 1.82) is 0 Å². The van der Waals surface area contributed by atoms with Gasteiger partial charge in [0.25, 0.3) is 0 Å². The van der Waals surface area contributed by atoms with Gasteiger partial charge < -0.3 is 19.3 Å². The van der Waals surface area contributed by atoms with E-state index in [-0.39, 0.29) is 24.2 Å². The van der Waals surface area contributed by atoms with Crippen LogP contribution in [0.1, 0.15) is 16.8 Å². The summed E-state index contributed by atoms with van der Waals surface area (Å²) in [5.41, 5.74) is 1.11. The molecule has 2 heterocycles. The molecule has 7 nitrogen and oxygen atoms in total. The molecule has 2 aliphatic heterocycles. The monoisotopic (exact) mass is 332 g/mol. The number of hydrogen-bond acceptors (Lipinski definition) is 5. The van der Waals surface area contributed by atoms with Gasteiger partial charge in [0, 0.05) is 31.7 Å². The molecule has 0 aliphatic carbocycles. The highest BCUT2D eigenvalue weighted by molar-refractivity contribution is 6.00. The summed E-state index contributed by atoms with van der Waals surface area (Å²) in [4.78, 5) is 39.7. The van der Waals surface area contributed by atoms with Crippen LogP contribution in [0.15, 0.2) is 24.3 Å². The Bertz CT molecular complexity index is 637. The van der Waals surface area contributed by atoms with E-state index in [0.717, 1.165) is 0 Å². The lowest BCUT2D eigenvalue weighted by atomic mass is 10.1. The minimum Gasteiger partial charge on any atom is -0.465 e. The third kappa shape index (κ3) is 3.26. The number of hydrogen-bond donors (Lipinski definition) is 0. The average Bonchev–Trinajstić information content (AvgIpc) is 3.03. The fourth-order valence-corrected chi connectivity index (χ4v) is 3.06. The van der Waals surface area contributed by atoms with E-state index >= 15 is 0 Å². The Hall–Kier alpha value is -2.41. The molecule has 24 heavy (non-hydrogen) atoms. The Kier molecular flexibility index (Phi) is 4.80. The lowest BCUT2D eigenvalue weighted by molar-refractivity contribution is -0.139. The summed E-state index contributed by atoms with van der Waals surface area (Å²) in [6.45, 7) is 2.62. The first kappa shape index (κ1) is 16.4. The molecule has 1 atom stereocenters. The molecule has 0 aromatic heterocycles. The second-order valence-electron chi connectivity index (χ2n) is 5.88. The Morgan fingerprint density at radius 1 is 1.17 bits per heavy atom. The molecule has 1 aromatic carbocycles. The van der Waals surface area contributed by atoms with E-state index in [1.807, 2.05) is 0 Å². The SMILES string of the molecule is COC(=O)c1ccc(N2CC(C(=O)N3CCOCC3)CC2=O)cc1. The van der Waals surface area contributed by atoms with Crippen LogP contribution in [-0.4, -0.2) is 62.6 Å². The molecule has 3 rings (SSSR count). The van der Waals surface area contributed by atoms with E-state index in [2.05, 4.69) is 4.74 Å². The van der Waals surface area contributed by atoms with E-state index in [1.54, 1.807) is 34.1 Å². The van der Waals surface area contributed by atoms with Crippen LogP contribution in [0.5, 0.6) is 0 Å². The van der Waals surface area contributed by atoms with E-state index in [0.29, 0.717) is 44.1 Å². The van der Waals surface area contributed by atoms with Crippen LogP contribution in [0.25, 0.3) is 0 Å². The van der Waals surface area contributed by atoms with Gasteiger partial charge in [-0.05, 0) is 24.3 Å². The van der Waals surface area contributed by atoms with Gasteiger partial charge in [-0.2, -0.15) is 0 Å². The number of nitrogens with zero attached hydrogens (tertiary/aromatic N) is 2. The van der Waals surface area contributed by atoms with Crippen LogP contribution < -0.4 is 4.90 Å². The summed E-state index contributed by atoms with van der Waals surface area (Å²) in [5.74, 6) is -0.807. The van der Waals surface area contributed by atoms with Gasteiger partial charge in [-0.15, -0.1) is 0 Å². The number of rotatable bonds is 3. The largest absolute Gasteiger partial charge is 0.465 e. The van der Waals surface area contributed by atoms with Crippen LogP contribution in [-0.2, 0) is 19.1 Å². The molecule has 0 spiro atoms. The Balaban J connectivity index is 1.68. The van der Waals surface area contributed by atoms with Crippen LogP contribution in [0.2, 0.25) is 0 Å². The predicted molar refractivity (Wildman–Crippen MR) is 85.6 cm³/mol. The van der Waals surface area contributed by atoms with Crippen molar-refractivity contribution >= 4 is 23.5 Å². The van der Waals surface area contributed by atoms with Crippen LogP contribution in [0, 0.1) is 5.92 Å². The van der Waals surface area contributed by atoms with Crippen molar-refractivity contribution in [3.63, 3.8) is 0 Å². The van der Waals surface area contributed by atoms with Crippen molar-refractivity contribution in [2.75, 3.05) is 44.9 Å². The summed E-state index contributed by atoms with van der Waals surface area (Å²) >= 11 is 0. The summed E-state index contributed by atoms with van der Waals surface area (Å²) in [6, 6.07) is 6.63. The summed E-state index contributed by atoms with van der Waals surface area (Å²) in [5, 5.41) is 0. The third-order valence-electron chi connectivity index (χ3n) is 4.40. The first-order chi connectivity index (χ1) is 11.6. The zero-order chi connectivity index (χ0) is 17.1. The molecule has 2 fully saturated rings. The maximum absolute atomic E-state index is 12.5. The van der Waals surface area contributed by atoms with Crippen molar-refractivity contribution in [2.24, 2.45) is 5.92 Å². The van der Waals surface area contributed by atoms with E-state index in [4.69, 9.17) is 4.74 Å². The zero-order valence-electron chi connectivity index (χ0n) is 13.6. The van der Waals surface area contributed by atoms with Crippen molar-refractivity contribution in [3.05, 3.63) is 29.8 Å². The van der Waals surface area contributed by atoms with Gasteiger partial charge in [0.05, 0.1) is 31.8 Å². The molecule has 1 aromatic rings. The van der Waals surface area contributed by atoms with Gasteiger partial charge in [-0.1, -0.05) is 0 Å². The molecule has 7 heteroatoms. The lowest BCUT2D eigenvalue weighted by Crippen LogP contribution is -2.44. The summed E-state index contributed by atoms with van der Waals surface area (Å²) in [6.07, 6.45) is 0.217. The minimum absolute atomic E-state index is 0.0142. The fourth-order valence-electron chi connectivity index (χ4n) is 3.06. The molecule has 128 valence electrons. The number of carbonyl (C=O) groups excluding carboxylic acids is 3. The molecule has 0 N–H and O–H groups in total. The first-order valence-electron chi connectivity index (χ1n) is 7.95. The minimum atomic E-state index is -0.422. The molecule has 0 bridgehead atoms. The second-order valence-corrected chi connectivity index (χ2v) is 5.88. The van der Waals surface area contributed by atoms with Crippen molar-refractivity contribution in [1.82, 2.24) is 4.90 Å². The number of ether oxygens (including phenoxy) is 2. The average molecular weight is 332 g/mol. The zero-order valence-corrected chi connectivity index (χ0v) is 13.6. The van der Waals surface area contributed by atoms with Crippen molar-refractivity contribution in [3.8, 4) is 0 Å². The highest BCUT2D eigenvalue weighted by Gasteiger charge is 2.37. The van der Waals surface area contributed by atoms with Crippen molar-refractivity contribution in [2.45, 2.75) is 6.42 Å². The maximum atomic E-state index is 12.5. The molecule has 0 saturated carbocycles. The number of benzene rings is 1. The normalized spacial score (nSPS) is 21.0. The number of methoxy groups -OCH3 is 1. The highest BCUT2D eigenvalue weighted by Crippen LogP contribution is 2.27. The highest BCUT2D eigenvalue weighted by atomic mass is 16.5. The lowest BCUT2D eigenvalue weighted by Gasteiger charge is -2.29. The maximum Gasteiger partial charge on any atom is 0.337 e. The molecule has 2 amide bonds. The van der Waals surface area contributed by atoms with Gasteiger partial charge in [0.15, 0.2) is 0 Å². The van der Waals surface area contributed by atoms with Crippen LogP contribution >= 0.6 is 0 Å². The van der Waals surface area contributed by atoms with Crippen molar-refractivity contribution < 1.29 is 23.9 Å². The molecule has 2 aliphatic rings. The topological polar surface area (TPSA) is 76.2 Å². The number of carbonyl (C=O) groups is 3.